The lowest BCUT2D eigenvalue weighted by molar-refractivity contribution is -0.480. The summed E-state index contributed by atoms with van der Waals surface area (Å²) in [5, 5.41) is 23.0. The van der Waals surface area contributed by atoms with Gasteiger partial charge in [0, 0.05) is 24.4 Å². The van der Waals surface area contributed by atoms with Gasteiger partial charge in [-0.1, -0.05) is 72.2 Å². The van der Waals surface area contributed by atoms with E-state index in [0.717, 1.165) is 17.5 Å². The predicted molar refractivity (Wildman–Crippen MR) is 111 cm³/mol. The van der Waals surface area contributed by atoms with E-state index in [9.17, 15) is 20.1 Å². The van der Waals surface area contributed by atoms with Crippen molar-refractivity contribution >= 4 is 11.6 Å². The van der Waals surface area contributed by atoms with E-state index in [1.807, 2.05) is 60.7 Å². The first-order valence-corrected chi connectivity index (χ1v) is 9.80. The minimum Gasteiger partial charge on any atom is -0.410 e. The fourth-order valence-electron chi connectivity index (χ4n) is 3.08. The third-order valence-electron chi connectivity index (χ3n) is 4.59. The average molecular weight is 397 g/mol. The fourth-order valence-corrected chi connectivity index (χ4v) is 3.08. The van der Waals surface area contributed by atoms with Crippen molar-refractivity contribution in [1.82, 2.24) is 4.90 Å². The number of nitro groups is 1. The lowest BCUT2D eigenvalue weighted by Crippen LogP contribution is -2.35. The highest BCUT2D eigenvalue weighted by molar-refractivity contribution is 6.38. The monoisotopic (exact) mass is 397 g/mol. The predicted octanol–water partition coefficient (Wildman–Crippen LogP) is 4.27. The molecule has 0 bridgehead atoms. The second kappa shape index (κ2) is 12.3. The lowest BCUT2D eigenvalue weighted by atomic mass is 10.1. The number of nitrogens with zero attached hydrogens (tertiary/aromatic N) is 3. The van der Waals surface area contributed by atoms with Crippen LogP contribution >= 0.6 is 0 Å². The van der Waals surface area contributed by atoms with Gasteiger partial charge in [0.1, 0.15) is 5.71 Å². The second-order valence-electron chi connectivity index (χ2n) is 6.90. The summed E-state index contributed by atoms with van der Waals surface area (Å²) in [6, 6.07) is 19.4. The van der Waals surface area contributed by atoms with Gasteiger partial charge < -0.3 is 10.1 Å². The smallest absolute Gasteiger partial charge is 0.272 e. The SMILES string of the molecule is O=C(C(CCCCCC[N+](=O)[O-])=NO)N(Cc1ccccc1)Cc1ccccc1. The molecule has 0 fully saturated rings. The van der Waals surface area contributed by atoms with Crippen LogP contribution in [0.3, 0.4) is 0 Å². The Balaban J connectivity index is 1.99. The van der Waals surface area contributed by atoms with Crippen LogP contribution in [0, 0.1) is 10.1 Å². The normalized spacial score (nSPS) is 11.2. The Kier molecular flexibility index (Phi) is 9.35. The number of hydrogen-bond acceptors (Lipinski definition) is 5. The molecule has 1 N–H and O–H groups in total. The molecule has 1 amide bonds. The van der Waals surface area contributed by atoms with Crippen molar-refractivity contribution in [1.29, 1.82) is 0 Å². The van der Waals surface area contributed by atoms with E-state index in [1.54, 1.807) is 4.90 Å². The summed E-state index contributed by atoms with van der Waals surface area (Å²) < 4.78 is 0. The highest BCUT2D eigenvalue weighted by Gasteiger charge is 2.21. The summed E-state index contributed by atoms with van der Waals surface area (Å²) in [6.07, 6.45) is 2.96. The molecule has 0 radical (unpaired) electrons. The third kappa shape index (κ3) is 8.13. The highest BCUT2D eigenvalue weighted by Crippen LogP contribution is 2.13. The first kappa shape index (κ1) is 22.1. The molecule has 7 nitrogen and oxygen atoms in total. The van der Waals surface area contributed by atoms with E-state index < -0.39 is 0 Å². The Labute approximate surface area is 170 Å². The van der Waals surface area contributed by atoms with E-state index in [1.165, 1.54) is 0 Å². The molecule has 0 saturated heterocycles. The molecule has 2 aromatic rings. The summed E-state index contributed by atoms with van der Waals surface area (Å²) in [5.74, 6) is -0.300. The summed E-state index contributed by atoms with van der Waals surface area (Å²) in [4.78, 5) is 24.7. The molecule has 0 aromatic heterocycles. The Morgan fingerprint density at radius 2 is 1.41 bits per heavy atom. The average Bonchev–Trinajstić information content (AvgIpc) is 2.73. The maximum absolute atomic E-state index is 13.0. The van der Waals surface area contributed by atoms with Crippen LogP contribution in [0.4, 0.5) is 0 Å². The van der Waals surface area contributed by atoms with Crippen LogP contribution in [0.25, 0.3) is 0 Å². The molecular formula is C22H27N3O4. The van der Waals surface area contributed by atoms with Crippen LogP contribution in [0.1, 0.15) is 43.2 Å². The van der Waals surface area contributed by atoms with E-state index in [0.29, 0.717) is 38.8 Å². The minimum atomic E-state index is -0.324. The summed E-state index contributed by atoms with van der Waals surface area (Å²) in [5.41, 5.74) is 2.11. The number of oxime groups is 1. The number of unbranched alkanes of at least 4 members (excludes halogenated alkanes) is 3. The molecule has 0 saturated carbocycles. The quantitative estimate of drug-likeness (QED) is 0.190. The van der Waals surface area contributed by atoms with Crippen molar-refractivity contribution in [2.45, 2.75) is 45.2 Å². The highest BCUT2D eigenvalue weighted by atomic mass is 16.6. The van der Waals surface area contributed by atoms with Crippen molar-refractivity contribution in [3.8, 4) is 0 Å². The molecule has 0 spiro atoms. The van der Waals surface area contributed by atoms with Gasteiger partial charge >= 0.3 is 0 Å². The van der Waals surface area contributed by atoms with E-state index in [4.69, 9.17) is 0 Å². The molecule has 154 valence electrons. The number of carbonyl (C=O) groups is 1. The number of hydrogen-bond donors (Lipinski definition) is 1. The van der Waals surface area contributed by atoms with Gasteiger partial charge in [0.05, 0.1) is 0 Å². The molecule has 29 heavy (non-hydrogen) atoms. The zero-order valence-corrected chi connectivity index (χ0v) is 16.4. The van der Waals surface area contributed by atoms with Crippen LogP contribution in [0.2, 0.25) is 0 Å². The molecule has 0 unspecified atom stereocenters. The molecule has 7 heteroatoms. The van der Waals surface area contributed by atoms with Crippen molar-refractivity contribution in [2.75, 3.05) is 6.54 Å². The Bertz CT molecular complexity index is 753. The molecule has 0 aliphatic rings. The molecule has 2 rings (SSSR count). The number of benzene rings is 2. The molecule has 0 aliphatic carbocycles. The van der Waals surface area contributed by atoms with Crippen molar-refractivity contribution < 1.29 is 14.9 Å². The molecular weight excluding hydrogens is 370 g/mol. The zero-order valence-electron chi connectivity index (χ0n) is 16.4. The van der Waals surface area contributed by atoms with Gasteiger partial charge in [0.25, 0.3) is 5.91 Å². The van der Waals surface area contributed by atoms with Crippen LogP contribution in [0.15, 0.2) is 65.8 Å². The van der Waals surface area contributed by atoms with E-state index in [-0.39, 0.29) is 23.1 Å². The first-order valence-electron chi connectivity index (χ1n) is 9.80. The maximum Gasteiger partial charge on any atom is 0.272 e. The first-order chi connectivity index (χ1) is 14.1. The molecule has 2 aromatic carbocycles. The van der Waals surface area contributed by atoms with Crippen LogP contribution in [0.5, 0.6) is 0 Å². The fraction of sp³-hybridized carbons (Fsp3) is 0.364. The van der Waals surface area contributed by atoms with Crippen LogP contribution in [-0.4, -0.2) is 33.2 Å². The number of carbonyl (C=O) groups excluding carboxylic acids is 1. The Morgan fingerprint density at radius 3 is 1.90 bits per heavy atom. The number of amides is 1. The summed E-state index contributed by atoms with van der Waals surface area (Å²) in [7, 11) is 0. The van der Waals surface area contributed by atoms with Gasteiger partial charge in [0.2, 0.25) is 6.54 Å². The van der Waals surface area contributed by atoms with Crippen LogP contribution < -0.4 is 0 Å². The topological polar surface area (TPSA) is 96.0 Å². The number of rotatable bonds is 12. The second-order valence-corrected chi connectivity index (χ2v) is 6.90. The van der Waals surface area contributed by atoms with Gasteiger partial charge in [-0.05, 0) is 30.4 Å². The van der Waals surface area contributed by atoms with Gasteiger partial charge in [-0.15, -0.1) is 0 Å². The van der Waals surface area contributed by atoms with Gasteiger partial charge in [0.15, 0.2) is 0 Å². The zero-order chi connectivity index (χ0) is 20.9. The van der Waals surface area contributed by atoms with Gasteiger partial charge in [-0.25, -0.2) is 0 Å². The third-order valence-corrected chi connectivity index (χ3v) is 4.59. The minimum absolute atomic E-state index is 0.0399. The largest absolute Gasteiger partial charge is 0.410 e. The van der Waals surface area contributed by atoms with Crippen molar-refractivity contribution in [3.05, 3.63) is 81.9 Å². The summed E-state index contributed by atoms with van der Waals surface area (Å²) in [6.45, 7) is 0.786. The van der Waals surface area contributed by atoms with Gasteiger partial charge in [-0.2, -0.15) is 0 Å². The Hall–Kier alpha value is -3.22. The lowest BCUT2D eigenvalue weighted by Gasteiger charge is -2.23. The van der Waals surface area contributed by atoms with Crippen molar-refractivity contribution in [3.63, 3.8) is 0 Å². The standard InChI is InChI=1S/C22H27N3O4/c26-22(21(23-27)15-9-1-2-10-16-25(28)29)24(17-19-11-5-3-6-12-19)18-20-13-7-4-8-14-20/h3-8,11-14,27H,1-2,9-10,15-18H2. The maximum atomic E-state index is 13.0. The van der Waals surface area contributed by atoms with E-state index in [2.05, 4.69) is 5.16 Å². The van der Waals surface area contributed by atoms with E-state index >= 15 is 0 Å². The van der Waals surface area contributed by atoms with Crippen LogP contribution in [-0.2, 0) is 17.9 Å². The molecule has 0 atom stereocenters. The summed E-state index contributed by atoms with van der Waals surface area (Å²) >= 11 is 0. The molecule has 0 heterocycles. The van der Waals surface area contributed by atoms with Gasteiger partial charge in [-0.3, -0.25) is 14.9 Å². The molecule has 0 aliphatic heterocycles. The Morgan fingerprint density at radius 1 is 0.897 bits per heavy atom. The van der Waals surface area contributed by atoms with Crippen molar-refractivity contribution in [2.24, 2.45) is 5.16 Å².